The van der Waals surface area contributed by atoms with Gasteiger partial charge < -0.3 is 10.8 Å². The van der Waals surface area contributed by atoms with E-state index in [1.165, 1.54) is 0 Å². The molecule has 0 bridgehead atoms. The van der Waals surface area contributed by atoms with Gasteiger partial charge >= 0.3 is 5.97 Å². The van der Waals surface area contributed by atoms with E-state index < -0.39 is 11.4 Å². The third kappa shape index (κ3) is 1.68. The van der Waals surface area contributed by atoms with E-state index in [4.69, 9.17) is 10.8 Å². The number of carboxylic acids is 1. The van der Waals surface area contributed by atoms with Crippen LogP contribution >= 0.6 is 15.9 Å². The molecule has 1 fully saturated rings. The lowest BCUT2D eigenvalue weighted by Gasteiger charge is -2.08. The Morgan fingerprint density at radius 1 is 1.53 bits per heavy atom. The van der Waals surface area contributed by atoms with Gasteiger partial charge in [-0.1, -0.05) is 28.1 Å². The summed E-state index contributed by atoms with van der Waals surface area (Å²) in [7, 11) is 0. The number of carboxylic acid groups (broad SMARTS) is 1. The molecule has 0 radical (unpaired) electrons. The van der Waals surface area contributed by atoms with Gasteiger partial charge in [-0.05, 0) is 24.1 Å². The Hall–Kier alpha value is -0.870. The van der Waals surface area contributed by atoms with Gasteiger partial charge in [-0.2, -0.15) is 0 Å². The standard InChI is InChI=1S/C11H12BrNO2/c12-8-3-1-7(2-4-8)9-5-11(9,6-13)10(14)15/h1-4,9H,5-6,13H2,(H,14,15). The molecule has 0 amide bonds. The smallest absolute Gasteiger partial charge is 0.311 e. The summed E-state index contributed by atoms with van der Waals surface area (Å²) in [5.41, 5.74) is 5.88. The highest BCUT2D eigenvalue weighted by Gasteiger charge is 2.59. The normalized spacial score (nSPS) is 28.8. The summed E-state index contributed by atoms with van der Waals surface area (Å²) in [6.45, 7) is 0.211. The molecule has 3 nitrogen and oxygen atoms in total. The summed E-state index contributed by atoms with van der Waals surface area (Å²) in [5.74, 6) is -0.703. The second kappa shape index (κ2) is 3.61. The van der Waals surface area contributed by atoms with Crippen molar-refractivity contribution < 1.29 is 9.90 Å². The van der Waals surface area contributed by atoms with Crippen molar-refractivity contribution in [3.8, 4) is 0 Å². The third-order valence-electron chi connectivity index (χ3n) is 3.14. The van der Waals surface area contributed by atoms with Crippen molar-refractivity contribution in [1.82, 2.24) is 0 Å². The summed E-state index contributed by atoms with van der Waals surface area (Å²) in [6.07, 6.45) is 0.653. The van der Waals surface area contributed by atoms with E-state index in [0.29, 0.717) is 6.42 Å². The number of carbonyl (C=O) groups is 1. The van der Waals surface area contributed by atoms with E-state index in [1.807, 2.05) is 24.3 Å². The fourth-order valence-corrected chi connectivity index (χ4v) is 2.25. The second-order valence-corrected chi connectivity index (χ2v) is 4.89. The van der Waals surface area contributed by atoms with Gasteiger partial charge in [0.05, 0.1) is 5.41 Å². The molecule has 0 saturated heterocycles. The van der Waals surface area contributed by atoms with Gasteiger partial charge in [0.25, 0.3) is 0 Å². The summed E-state index contributed by atoms with van der Waals surface area (Å²) in [5, 5.41) is 9.10. The Kier molecular flexibility index (Phi) is 2.56. The molecule has 1 saturated carbocycles. The minimum atomic E-state index is -0.780. The molecular weight excluding hydrogens is 258 g/mol. The molecule has 1 aliphatic carbocycles. The molecule has 1 aromatic rings. The molecular formula is C11H12BrNO2. The van der Waals surface area contributed by atoms with Crippen LogP contribution in [0.4, 0.5) is 0 Å². The molecule has 4 heteroatoms. The number of benzene rings is 1. The van der Waals surface area contributed by atoms with Crippen molar-refractivity contribution >= 4 is 21.9 Å². The Morgan fingerprint density at radius 2 is 2.13 bits per heavy atom. The molecule has 80 valence electrons. The molecule has 0 spiro atoms. The first-order valence-electron chi connectivity index (χ1n) is 4.79. The Bertz CT molecular complexity index is 390. The summed E-state index contributed by atoms with van der Waals surface area (Å²) >= 11 is 3.35. The van der Waals surface area contributed by atoms with Crippen LogP contribution in [0.2, 0.25) is 0 Å². The summed E-state index contributed by atoms with van der Waals surface area (Å²) < 4.78 is 1.00. The number of halogens is 1. The molecule has 0 aromatic heterocycles. The van der Waals surface area contributed by atoms with Crippen LogP contribution in [-0.2, 0) is 4.79 Å². The van der Waals surface area contributed by atoms with Gasteiger partial charge in [-0.25, -0.2) is 0 Å². The number of aliphatic carboxylic acids is 1. The molecule has 1 aromatic carbocycles. The van der Waals surface area contributed by atoms with Gasteiger partial charge in [-0.15, -0.1) is 0 Å². The van der Waals surface area contributed by atoms with Crippen LogP contribution in [-0.4, -0.2) is 17.6 Å². The van der Waals surface area contributed by atoms with E-state index in [2.05, 4.69) is 15.9 Å². The van der Waals surface area contributed by atoms with E-state index in [-0.39, 0.29) is 12.5 Å². The number of hydrogen-bond acceptors (Lipinski definition) is 2. The predicted molar refractivity (Wildman–Crippen MR) is 60.6 cm³/mol. The number of nitrogens with two attached hydrogens (primary N) is 1. The predicted octanol–water partition coefficient (Wildman–Crippen LogP) is 1.97. The van der Waals surface area contributed by atoms with Crippen LogP contribution in [0, 0.1) is 5.41 Å². The minimum Gasteiger partial charge on any atom is -0.481 e. The van der Waals surface area contributed by atoms with Crippen LogP contribution in [0.5, 0.6) is 0 Å². The van der Waals surface area contributed by atoms with Gasteiger partial charge in [0, 0.05) is 16.9 Å². The fourth-order valence-electron chi connectivity index (χ4n) is 1.99. The summed E-state index contributed by atoms with van der Waals surface area (Å²) in [4.78, 5) is 11.1. The van der Waals surface area contributed by atoms with Gasteiger partial charge in [0.15, 0.2) is 0 Å². The highest BCUT2D eigenvalue weighted by Crippen LogP contribution is 2.58. The fraction of sp³-hybridized carbons (Fsp3) is 0.364. The van der Waals surface area contributed by atoms with Crippen molar-refractivity contribution in [2.45, 2.75) is 12.3 Å². The van der Waals surface area contributed by atoms with Crippen molar-refractivity contribution in [3.05, 3.63) is 34.3 Å². The highest BCUT2D eigenvalue weighted by molar-refractivity contribution is 9.10. The first-order valence-corrected chi connectivity index (χ1v) is 5.58. The van der Waals surface area contributed by atoms with Crippen molar-refractivity contribution in [2.24, 2.45) is 11.1 Å². The molecule has 1 aliphatic rings. The SMILES string of the molecule is NCC1(C(=O)O)CC1c1ccc(Br)cc1. The summed E-state index contributed by atoms with van der Waals surface area (Å²) in [6, 6.07) is 7.76. The number of hydrogen-bond donors (Lipinski definition) is 2. The Balaban J connectivity index is 2.22. The van der Waals surface area contributed by atoms with E-state index in [1.54, 1.807) is 0 Å². The van der Waals surface area contributed by atoms with Gasteiger partial charge in [-0.3, -0.25) is 4.79 Å². The maximum Gasteiger partial charge on any atom is 0.311 e. The zero-order chi connectivity index (χ0) is 11.1. The molecule has 0 aliphatic heterocycles. The number of rotatable bonds is 3. The van der Waals surface area contributed by atoms with E-state index in [9.17, 15) is 4.79 Å². The zero-order valence-corrected chi connectivity index (χ0v) is 9.70. The lowest BCUT2D eigenvalue weighted by molar-refractivity contribution is -0.143. The topological polar surface area (TPSA) is 63.3 Å². The average molecular weight is 270 g/mol. The lowest BCUT2D eigenvalue weighted by Crippen LogP contribution is -2.26. The average Bonchev–Trinajstić information content (AvgIpc) is 2.95. The van der Waals surface area contributed by atoms with E-state index >= 15 is 0 Å². The molecule has 2 unspecified atom stereocenters. The zero-order valence-electron chi connectivity index (χ0n) is 8.11. The van der Waals surface area contributed by atoms with Crippen LogP contribution in [0.25, 0.3) is 0 Å². The maximum absolute atomic E-state index is 11.1. The second-order valence-electron chi connectivity index (χ2n) is 3.97. The monoisotopic (exact) mass is 269 g/mol. The van der Waals surface area contributed by atoms with Crippen LogP contribution in [0.3, 0.4) is 0 Å². The van der Waals surface area contributed by atoms with Crippen molar-refractivity contribution in [3.63, 3.8) is 0 Å². The minimum absolute atomic E-state index is 0.0769. The van der Waals surface area contributed by atoms with E-state index in [0.717, 1.165) is 10.0 Å². The van der Waals surface area contributed by atoms with Crippen molar-refractivity contribution in [2.75, 3.05) is 6.54 Å². The maximum atomic E-state index is 11.1. The van der Waals surface area contributed by atoms with Crippen LogP contribution in [0.1, 0.15) is 17.9 Å². The molecule has 3 N–H and O–H groups in total. The molecule has 2 rings (SSSR count). The Labute approximate surface area is 96.4 Å². The quantitative estimate of drug-likeness (QED) is 0.882. The largest absolute Gasteiger partial charge is 0.481 e. The van der Waals surface area contributed by atoms with Gasteiger partial charge in [0.2, 0.25) is 0 Å². The highest BCUT2D eigenvalue weighted by atomic mass is 79.9. The Morgan fingerprint density at radius 3 is 2.53 bits per heavy atom. The third-order valence-corrected chi connectivity index (χ3v) is 3.67. The van der Waals surface area contributed by atoms with Crippen LogP contribution < -0.4 is 5.73 Å². The van der Waals surface area contributed by atoms with Gasteiger partial charge in [0.1, 0.15) is 0 Å². The first kappa shape index (κ1) is 10.6. The first-order chi connectivity index (χ1) is 7.10. The molecule has 15 heavy (non-hydrogen) atoms. The lowest BCUT2D eigenvalue weighted by atomic mass is 9.99. The molecule has 0 heterocycles. The van der Waals surface area contributed by atoms with Crippen molar-refractivity contribution in [1.29, 1.82) is 0 Å². The van der Waals surface area contributed by atoms with Crippen LogP contribution in [0.15, 0.2) is 28.7 Å². The molecule has 2 atom stereocenters.